The second kappa shape index (κ2) is 6.61. The summed E-state index contributed by atoms with van der Waals surface area (Å²) in [6.07, 6.45) is 0. The number of nitrogens with one attached hydrogen (secondary N) is 1. The van der Waals surface area contributed by atoms with Gasteiger partial charge in [-0.2, -0.15) is 0 Å². The highest BCUT2D eigenvalue weighted by atomic mass is 14.9. The summed E-state index contributed by atoms with van der Waals surface area (Å²) in [6, 6.07) is 10.1. The van der Waals surface area contributed by atoms with Crippen molar-refractivity contribution in [2.75, 3.05) is 0 Å². The van der Waals surface area contributed by atoms with E-state index in [4.69, 9.17) is 1.41 Å². The van der Waals surface area contributed by atoms with E-state index >= 15 is 0 Å². The first kappa shape index (κ1) is 11.3. The molecule has 80 valence electrons. The molecule has 0 radical (unpaired) electrons. The monoisotopic (exact) mass is 194 g/mol. The van der Waals surface area contributed by atoms with Crippen molar-refractivity contribution in [2.24, 2.45) is 0 Å². The van der Waals surface area contributed by atoms with Gasteiger partial charge in [0, 0.05) is 12.1 Å². The van der Waals surface area contributed by atoms with Crippen LogP contribution >= 0.6 is 0 Å². The Bertz CT molecular complexity index is 251. The Morgan fingerprint density at radius 1 is 1.14 bits per heavy atom. The van der Waals surface area contributed by atoms with Gasteiger partial charge in [0.1, 0.15) is 1.41 Å². The third-order valence-electron chi connectivity index (χ3n) is 1.58. The zero-order chi connectivity index (χ0) is 11.9. The van der Waals surface area contributed by atoms with E-state index in [0.29, 0.717) is 6.54 Å². The molecule has 14 heavy (non-hydrogen) atoms. The van der Waals surface area contributed by atoms with E-state index in [-0.39, 0.29) is 5.54 Å². The van der Waals surface area contributed by atoms with Crippen molar-refractivity contribution in [3.63, 3.8) is 0 Å². The van der Waals surface area contributed by atoms with Gasteiger partial charge in [0.2, 0.25) is 0 Å². The maximum Gasteiger partial charge on any atom is 0.123 e. The first-order valence-electron chi connectivity index (χ1n) is 5.75. The third kappa shape index (κ3) is 6.67. The van der Waals surface area contributed by atoms with Crippen LogP contribution in [0.15, 0.2) is 30.3 Å². The second-order valence-corrected chi connectivity index (χ2v) is 3.97. The molecule has 0 heterocycles. The molecule has 1 heteroatoms. The molecule has 0 aromatic heterocycles. The smallest absolute Gasteiger partial charge is 0.123 e. The zero-order valence-electron chi connectivity index (χ0n) is 11.0. The number of benzene rings is 1. The minimum Gasteiger partial charge on any atom is -0.308 e. The molecule has 0 aliphatic rings. The van der Waals surface area contributed by atoms with Crippen LogP contribution in [0.5, 0.6) is 0 Å². The minimum absolute atomic E-state index is 0.0875. The third-order valence-corrected chi connectivity index (χ3v) is 1.58. The maximum absolute atomic E-state index is 7.79. The molecular formula is C13H23N. The molecule has 0 spiro atoms. The first-order chi connectivity index (χ1) is 7.00. The summed E-state index contributed by atoms with van der Waals surface area (Å²) in [7, 11) is 0. The standard InChI is InChI=1S/C11H17N.C2H6/c1-11(2,3)12-9-10-7-5-4-6-8-10;1-2/h4-8,12H,9H2,1-3H3;1-2H3/i/hD. The molecule has 0 atom stereocenters. The van der Waals surface area contributed by atoms with Gasteiger partial charge >= 0.3 is 0 Å². The van der Waals surface area contributed by atoms with E-state index in [1.54, 1.807) is 5.31 Å². The molecular weight excluding hydrogens is 170 g/mol. The summed E-state index contributed by atoms with van der Waals surface area (Å²) in [6.45, 7) is 10.8. The number of rotatable bonds is 2. The van der Waals surface area contributed by atoms with E-state index in [0.717, 1.165) is 0 Å². The molecule has 0 saturated heterocycles. The van der Waals surface area contributed by atoms with Crippen molar-refractivity contribution in [3.8, 4) is 0 Å². The van der Waals surface area contributed by atoms with Crippen molar-refractivity contribution >= 4 is 0 Å². The van der Waals surface area contributed by atoms with Crippen LogP contribution in [0.4, 0.5) is 0 Å². The van der Waals surface area contributed by atoms with E-state index in [9.17, 15) is 0 Å². The molecule has 1 rings (SSSR count). The largest absolute Gasteiger partial charge is 0.308 e. The van der Waals surface area contributed by atoms with Crippen molar-refractivity contribution < 1.29 is 1.41 Å². The van der Waals surface area contributed by atoms with Gasteiger partial charge in [-0.25, -0.2) is 0 Å². The Hall–Kier alpha value is -0.820. The van der Waals surface area contributed by atoms with Crippen molar-refractivity contribution in [1.29, 1.82) is 0 Å². The molecule has 1 N–H and O–H groups in total. The molecule has 1 aromatic carbocycles. The summed E-state index contributed by atoms with van der Waals surface area (Å²) >= 11 is 0. The molecule has 0 aliphatic carbocycles. The summed E-state index contributed by atoms with van der Waals surface area (Å²) in [5.74, 6) is 0. The Morgan fingerprint density at radius 3 is 2.07 bits per heavy atom. The van der Waals surface area contributed by atoms with Crippen molar-refractivity contribution in [2.45, 2.75) is 46.7 Å². The van der Waals surface area contributed by atoms with Crippen LogP contribution in [0, 0.1) is 0 Å². The molecule has 1 nitrogen and oxygen atoms in total. The van der Waals surface area contributed by atoms with Gasteiger partial charge in [-0.05, 0) is 26.3 Å². The molecule has 0 fully saturated rings. The molecule has 0 aliphatic heterocycles. The van der Waals surface area contributed by atoms with Gasteiger partial charge in [-0.1, -0.05) is 44.2 Å². The SMILES string of the molecule is CC.[2H]N(Cc1ccccc1)C(C)(C)C. The topological polar surface area (TPSA) is 12.0 Å². The highest BCUT2D eigenvalue weighted by Crippen LogP contribution is 2.03. The average Bonchev–Trinajstić information content (AvgIpc) is 2.21. The normalized spacial score (nSPS) is 11.7. The second-order valence-electron chi connectivity index (χ2n) is 3.97. The molecule has 0 saturated carbocycles. The predicted molar refractivity (Wildman–Crippen MR) is 64.4 cm³/mol. The lowest BCUT2D eigenvalue weighted by atomic mass is 10.1. The maximum atomic E-state index is 7.79. The Labute approximate surface area is 90.0 Å². The summed E-state index contributed by atoms with van der Waals surface area (Å²) < 4.78 is 7.79. The summed E-state index contributed by atoms with van der Waals surface area (Å²) in [4.78, 5) is 0. The van der Waals surface area contributed by atoms with Crippen molar-refractivity contribution in [1.82, 2.24) is 5.31 Å². The Balaban J connectivity index is 0.000000921. The Morgan fingerprint density at radius 2 is 1.64 bits per heavy atom. The van der Waals surface area contributed by atoms with Crippen LogP contribution in [-0.2, 0) is 6.54 Å². The minimum atomic E-state index is -0.0875. The zero-order valence-corrected chi connectivity index (χ0v) is 10.0. The van der Waals surface area contributed by atoms with Crippen LogP contribution < -0.4 is 5.31 Å². The fraction of sp³-hybridized carbons (Fsp3) is 0.538. The number of hydrogen-bond acceptors (Lipinski definition) is 1. The lowest BCUT2D eigenvalue weighted by Crippen LogP contribution is -2.34. The van der Waals surface area contributed by atoms with Gasteiger partial charge in [-0.15, -0.1) is 0 Å². The van der Waals surface area contributed by atoms with Gasteiger partial charge in [0.15, 0.2) is 0 Å². The van der Waals surface area contributed by atoms with E-state index < -0.39 is 0 Å². The predicted octanol–water partition coefficient (Wildman–Crippen LogP) is 3.60. The average molecular weight is 194 g/mol. The fourth-order valence-corrected chi connectivity index (χ4v) is 0.912. The summed E-state index contributed by atoms with van der Waals surface area (Å²) in [5.41, 5.74) is 1.10. The molecule has 1 aromatic rings. The lowest BCUT2D eigenvalue weighted by molar-refractivity contribution is 0.424. The van der Waals surface area contributed by atoms with Gasteiger partial charge in [-0.3, -0.25) is 0 Å². The highest BCUT2D eigenvalue weighted by Gasteiger charge is 2.07. The van der Waals surface area contributed by atoms with Crippen LogP contribution in [0.3, 0.4) is 0 Å². The van der Waals surface area contributed by atoms with Crippen LogP contribution in [-0.4, -0.2) is 5.54 Å². The lowest BCUT2D eigenvalue weighted by Gasteiger charge is -2.20. The highest BCUT2D eigenvalue weighted by molar-refractivity contribution is 5.14. The van der Waals surface area contributed by atoms with Crippen LogP contribution in [0.25, 0.3) is 0 Å². The quantitative estimate of drug-likeness (QED) is 0.758. The van der Waals surface area contributed by atoms with E-state index in [1.165, 1.54) is 5.56 Å². The molecule has 0 unspecified atom stereocenters. The van der Waals surface area contributed by atoms with E-state index in [1.807, 2.05) is 65.0 Å². The number of hydrogen-bond donors (Lipinski definition) is 1. The van der Waals surface area contributed by atoms with Crippen LogP contribution in [0.2, 0.25) is 1.41 Å². The van der Waals surface area contributed by atoms with Gasteiger partial charge < -0.3 is 5.31 Å². The van der Waals surface area contributed by atoms with Crippen molar-refractivity contribution in [3.05, 3.63) is 35.9 Å². The van der Waals surface area contributed by atoms with Gasteiger partial charge in [0.25, 0.3) is 0 Å². The first-order valence-corrected chi connectivity index (χ1v) is 5.30. The van der Waals surface area contributed by atoms with Crippen LogP contribution in [0.1, 0.15) is 40.2 Å². The van der Waals surface area contributed by atoms with E-state index in [2.05, 4.69) is 0 Å². The Kier molecular flexibility index (Phi) is 5.31. The summed E-state index contributed by atoms with van der Waals surface area (Å²) in [5, 5.41) is 1.60. The molecule has 0 bridgehead atoms. The van der Waals surface area contributed by atoms with Gasteiger partial charge in [0.05, 0.1) is 0 Å². The molecule has 0 amide bonds. The fourth-order valence-electron chi connectivity index (χ4n) is 0.912.